The van der Waals surface area contributed by atoms with E-state index < -0.39 is 42.5 Å². The zero-order valence-electron chi connectivity index (χ0n) is 18.7. The number of aliphatic hydroxyl groups is 3. The molecular formula is C23H35NO7. The summed E-state index contributed by atoms with van der Waals surface area (Å²) in [5, 5.41) is 33.2. The second-order valence-corrected chi connectivity index (χ2v) is 8.58. The Kier molecular flexibility index (Phi) is 9.43. The Bertz CT molecular complexity index is 721. The van der Waals surface area contributed by atoms with Gasteiger partial charge >= 0.3 is 5.97 Å². The summed E-state index contributed by atoms with van der Waals surface area (Å²) < 4.78 is 10.6. The minimum atomic E-state index is -1.53. The van der Waals surface area contributed by atoms with Crippen molar-refractivity contribution >= 4 is 11.9 Å². The fourth-order valence-electron chi connectivity index (χ4n) is 3.56. The average Bonchev–Trinajstić information content (AvgIpc) is 2.72. The lowest BCUT2D eigenvalue weighted by molar-refractivity contribution is -0.255. The number of nitrogens with one attached hydrogen (secondary N) is 1. The third-order valence-electron chi connectivity index (χ3n) is 5.39. The lowest BCUT2D eigenvalue weighted by atomic mass is 9.96. The standard InChI is InChI=1S/C23H35NO7/c1-5-6-18(25)24-19-21(27)20(26)17(31-23(19)29)12-30-22(28)14(4)16-9-7-15(8-10-16)11-13(2)3/h7-10,13-14,17,19-21,23,26-27,29H,5-6,11-12H2,1-4H3,(H,24,25)/t14?,17-,19-,20-,21-,23?/m1/s1. The van der Waals surface area contributed by atoms with Crippen molar-refractivity contribution < 1.29 is 34.4 Å². The molecular weight excluding hydrogens is 402 g/mol. The van der Waals surface area contributed by atoms with Gasteiger partial charge in [-0.1, -0.05) is 45.0 Å². The number of hydrogen-bond donors (Lipinski definition) is 4. The van der Waals surface area contributed by atoms with Crippen LogP contribution < -0.4 is 5.32 Å². The van der Waals surface area contributed by atoms with Crippen LogP contribution in [0.2, 0.25) is 0 Å². The molecule has 1 aliphatic rings. The van der Waals surface area contributed by atoms with Crippen molar-refractivity contribution in [2.45, 2.75) is 83.5 Å². The van der Waals surface area contributed by atoms with Crippen LogP contribution in [0.15, 0.2) is 24.3 Å². The highest BCUT2D eigenvalue weighted by atomic mass is 16.6. The molecule has 8 heteroatoms. The van der Waals surface area contributed by atoms with E-state index in [-0.39, 0.29) is 18.9 Å². The maximum Gasteiger partial charge on any atom is 0.313 e. The van der Waals surface area contributed by atoms with E-state index >= 15 is 0 Å². The van der Waals surface area contributed by atoms with Crippen LogP contribution in [0.3, 0.4) is 0 Å². The summed E-state index contributed by atoms with van der Waals surface area (Å²) in [6.07, 6.45) is -3.76. The van der Waals surface area contributed by atoms with Gasteiger partial charge in [0.15, 0.2) is 6.29 Å². The lowest BCUT2D eigenvalue weighted by Gasteiger charge is -2.40. The molecule has 1 saturated heterocycles. The van der Waals surface area contributed by atoms with Crippen LogP contribution in [-0.4, -0.2) is 64.4 Å². The van der Waals surface area contributed by atoms with Crippen molar-refractivity contribution in [2.24, 2.45) is 5.92 Å². The summed E-state index contributed by atoms with van der Waals surface area (Å²) in [6.45, 7) is 7.50. The van der Waals surface area contributed by atoms with Crippen molar-refractivity contribution in [3.05, 3.63) is 35.4 Å². The smallest absolute Gasteiger partial charge is 0.313 e. The van der Waals surface area contributed by atoms with Crippen LogP contribution >= 0.6 is 0 Å². The molecule has 0 aliphatic carbocycles. The van der Waals surface area contributed by atoms with Gasteiger partial charge in [0.25, 0.3) is 0 Å². The third-order valence-corrected chi connectivity index (χ3v) is 5.39. The summed E-state index contributed by atoms with van der Waals surface area (Å²) in [6, 6.07) is 6.61. The number of rotatable bonds is 9. The molecule has 4 N–H and O–H groups in total. The molecule has 2 rings (SSSR count). The first-order chi connectivity index (χ1) is 14.6. The van der Waals surface area contributed by atoms with Crippen molar-refractivity contribution in [3.8, 4) is 0 Å². The zero-order valence-corrected chi connectivity index (χ0v) is 18.7. The molecule has 0 bridgehead atoms. The number of amides is 1. The molecule has 1 heterocycles. The molecule has 31 heavy (non-hydrogen) atoms. The Morgan fingerprint density at radius 1 is 1.10 bits per heavy atom. The van der Waals surface area contributed by atoms with Gasteiger partial charge in [-0.2, -0.15) is 0 Å². The fraction of sp³-hybridized carbons (Fsp3) is 0.652. The second kappa shape index (κ2) is 11.6. The molecule has 2 unspecified atom stereocenters. The minimum absolute atomic E-state index is 0.226. The SMILES string of the molecule is CCCC(=O)N[C@H]1C(O)O[C@H](COC(=O)C(C)c2ccc(CC(C)C)cc2)[C@@H](O)[C@@H]1O. The fourth-order valence-corrected chi connectivity index (χ4v) is 3.56. The normalized spacial score (nSPS) is 27.0. The highest BCUT2D eigenvalue weighted by molar-refractivity contribution is 5.77. The first-order valence-electron chi connectivity index (χ1n) is 10.9. The van der Waals surface area contributed by atoms with E-state index in [1.165, 1.54) is 5.56 Å². The number of carbonyl (C=O) groups excluding carboxylic acids is 2. The van der Waals surface area contributed by atoms with Crippen LogP contribution in [0.1, 0.15) is 57.6 Å². The Balaban J connectivity index is 1.90. The molecule has 0 aromatic heterocycles. The van der Waals surface area contributed by atoms with Crippen LogP contribution in [-0.2, 0) is 25.5 Å². The summed E-state index contributed by atoms with van der Waals surface area (Å²) in [4.78, 5) is 24.2. The van der Waals surface area contributed by atoms with Gasteiger partial charge in [0.05, 0.1) is 5.92 Å². The van der Waals surface area contributed by atoms with E-state index in [1.807, 2.05) is 31.2 Å². The Morgan fingerprint density at radius 2 is 1.74 bits per heavy atom. The highest BCUT2D eigenvalue weighted by Crippen LogP contribution is 2.23. The van der Waals surface area contributed by atoms with E-state index in [0.29, 0.717) is 12.3 Å². The predicted octanol–water partition coefficient (Wildman–Crippen LogP) is 1.26. The van der Waals surface area contributed by atoms with Gasteiger partial charge in [-0.3, -0.25) is 9.59 Å². The number of ether oxygens (including phenoxy) is 2. The summed E-state index contributed by atoms with van der Waals surface area (Å²) in [5.41, 5.74) is 2.00. The van der Waals surface area contributed by atoms with Gasteiger partial charge < -0.3 is 30.1 Å². The Labute approximate surface area is 183 Å². The van der Waals surface area contributed by atoms with Crippen LogP contribution in [0.5, 0.6) is 0 Å². The third kappa shape index (κ3) is 7.00. The number of hydrogen-bond acceptors (Lipinski definition) is 7. The first kappa shape index (κ1) is 25.3. The maximum absolute atomic E-state index is 12.5. The molecule has 8 nitrogen and oxygen atoms in total. The van der Waals surface area contributed by atoms with Gasteiger partial charge in [-0.15, -0.1) is 0 Å². The lowest BCUT2D eigenvalue weighted by Crippen LogP contribution is -2.64. The molecule has 174 valence electrons. The molecule has 1 fully saturated rings. The molecule has 0 radical (unpaired) electrons. The van der Waals surface area contributed by atoms with Gasteiger partial charge in [0.2, 0.25) is 5.91 Å². The summed E-state index contributed by atoms with van der Waals surface area (Å²) in [5.74, 6) is -0.848. The van der Waals surface area contributed by atoms with E-state index in [4.69, 9.17) is 9.47 Å². The number of esters is 1. The Morgan fingerprint density at radius 3 is 2.32 bits per heavy atom. The molecule has 6 atom stereocenters. The van der Waals surface area contributed by atoms with Crippen molar-refractivity contribution in [1.29, 1.82) is 0 Å². The van der Waals surface area contributed by atoms with Gasteiger partial charge in [0, 0.05) is 6.42 Å². The van der Waals surface area contributed by atoms with Crippen molar-refractivity contribution in [3.63, 3.8) is 0 Å². The van der Waals surface area contributed by atoms with E-state index in [0.717, 1.165) is 12.0 Å². The van der Waals surface area contributed by atoms with Gasteiger partial charge in [0.1, 0.15) is 31.0 Å². The van der Waals surface area contributed by atoms with E-state index in [1.54, 1.807) is 6.92 Å². The van der Waals surface area contributed by atoms with Crippen molar-refractivity contribution in [2.75, 3.05) is 6.61 Å². The second-order valence-electron chi connectivity index (χ2n) is 8.58. The summed E-state index contributed by atoms with van der Waals surface area (Å²) in [7, 11) is 0. The number of aliphatic hydroxyl groups excluding tert-OH is 3. The topological polar surface area (TPSA) is 125 Å². The molecule has 1 aliphatic heterocycles. The first-order valence-corrected chi connectivity index (χ1v) is 10.9. The number of benzene rings is 1. The maximum atomic E-state index is 12.5. The quantitative estimate of drug-likeness (QED) is 0.429. The van der Waals surface area contributed by atoms with Crippen molar-refractivity contribution in [1.82, 2.24) is 5.32 Å². The minimum Gasteiger partial charge on any atom is -0.462 e. The highest BCUT2D eigenvalue weighted by Gasteiger charge is 2.45. The van der Waals surface area contributed by atoms with Crippen LogP contribution in [0.25, 0.3) is 0 Å². The number of carbonyl (C=O) groups is 2. The van der Waals surface area contributed by atoms with E-state index in [2.05, 4.69) is 19.2 Å². The van der Waals surface area contributed by atoms with Crippen LogP contribution in [0.4, 0.5) is 0 Å². The molecule has 1 aromatic carbocycles. The predicted molar refractivity (Wildman–Crippen MR) is 114 cm³/mol. The molecule has 0 spiro atoms. The largest absolute Gasteiger partial charge is 0.462 e. The van der Waals surface area contributed by atoms with E-state index in [9.17, 15) is 24.9 Å². The molecule has 0 saturated carbocycles. The van der Waals surface area contributed by atoms with Gasteiger partial charge in [-0.05, 0) is 36.8 Å². The summed E-state index contributed by atoms with van der Waals surface area (Å²) >= 11 is 0. The zero-order chi connectivity index (χ0) is 23.1. The van der Waals surface area contributed by atoms with Crippen LogP contribution in [0, 0.1) is 5.92 Å². The molecule has 1 aromatic rings. The molecule has 1 amide bonds. The van der Waals surface area contributed by atoms with Gasteiger partial charge in [-0.25, -0.2) is 0 Å². The average molecular weight is 438 g/mol. The monoisotopic (exact) mass is 437 g/mol. The Hall–Kier alpha value is -2.00.